The number of piperidine rings is 1. The fourth-order valence-corrected chi connectivity index (χ4v) is 2.63. The average molecular weight is 349 g/mol. The van der Waals surface area contributed by atoms with Crippen molar-refractivity contribution < 1.29 is 23.8 Å². The van der Waals surface area contributed by atoms with E-state index < -0.39 is 5.60 Å². The zero-order valence-corrected chi connectivity index (χ0v) is 15.4. The minimum Gasteiger partial charge on any atom is -0.493 e. The Bertz CT molecular complexity index is 583. The number of rotatable bonds is 4. The van der Waals surface area contributed by atoms with Crippen LogP contribution >= 0.6 is 0 Å². The first-order chi connectivity index (χ1) is 11.8. The van der Waals surface area contributed by atoms with Gasteiger partial charge in [-0.2, -0.15) is 0 Å². The molecule has 0 unspecified atom stereocenters. The van der Waals surface area contributed by atoms with Gasteiger partial charge in [-0.15, -0.1) is 0 Å². The molecular weight excluding hydrogens is 322 g/mol. The van der Waals surface area contributed by atoms with Crippen molar-refractivity contribution in [1.82, 2.24) is 4.90 Å². The zero-order valence-electron chi connectivity index (χ0n) is 15.4. The van der Waals surface area contributed by atoms with E-state index >= 15 is 0 Å². The molecule has 0 radical (unpaired) electrons. The molecule has 25 heavy (non-hydrogen) atoms. The molecule has 1 aromatic rings. The molecule has 0 aromatic heterocycles. The van der Waals surface area contributed by atoms with E-state index in [2.05, 4.69) is 4.74 Å². The van der Waals surface area contributed by atoms with Crippen LogP contribution in [-0.4, -0.2) is 49.4 Å². The number of methoxy groups -OCH3 is 1. The number of nitrogens with zero attached hydrogens (tertiary/aromatic N) is 1. The highest BCUT2D eigenvalue weighted by molar-refractivity contribution is 5.89. The van der Waals surface area contributed by atoms with Crippen molar-refractivity contribution in [2.45, 2.75) is 39.2 Å². The summed E-state index contributed by atoms with van der Waals surface area (Å²) in [6.45, 7) is 7.58. The molecule has 2 rings (SSSR count). The Kier molecular flexibility index (Phi) is 6.28. The van der Waals surface area contributed by atoms with Crippen molar-refractivity contribution in [3.8, 4) is 5.75 Å². The van der Waals surface area contributed by atoms with Crippen LogP contribution in [0.15, 0.2) is 24.3 Å². The predicted molar refractivity (Wildman–Crippen MR) is 93.8 cm³/mol. The number of esters is 1. The molecule has 1 saturated heterocycles. The van der Waals surface area contributed by atoms with Gasteiger partial charge in [0.1, 0.15) is 11.4 Å². The quantitative estimate of drug-likeness (QED) is 0.779. The minimum absolute atomic E-state index is 0.245. The van der Waals surface area contributed by atoms with Gasteiger partial charge in [0.2, 0.25) is 0 Å². The second-order valence-corrected chi connectivity index (χ2v) is 7.24. The van der Waals surface area contributed by atoms with Gasteiger partial charge in [-0.3, -0.25) is 0 Å². The largest absolute Gasteiger partial charge is 0.493 e. The first kappa shape index (κ1) is 19.1. The maximum Gasteiger partial charge on any atom is 0.410 e. The Morgan fingerprint density at radius 1 is 1.12 bits per heavy atom. The summed E-state index contributed by atoms with van der Waals surface area (Å²) in [6, 6.07) is 6.91. The van der Waals surface area contributed by atoms with Crippen LogP contribution in [0.4, 0.5) is 4.79 Å². The average Bonchev–Trinajstić information content (AvgIpc) is 2.58. The van der Waals surface area contributed by atoms with E-state index in [1.807, 2.05) is 20.8 Å². The molecular formula is C19H27NO5. The SMILES string of the molecule is COC(=O)c1ccc(OCC2CCN(C(=O)OC(C)(C)C)CC2)cc1. The van der Waals surface area contributed by atoms with Gasteiger partial charge in [-0.25, -0.2) is 9.59 Å². The molecule has 1 fully saturated rings. The maximum absolute atomic E-state index is 12.0. The molecule has 0 saturated carbocycles. The number of carbonyl (C=O) groups is 2. The molecule has 1 aliphatic heterocycles. The summed E-state index contributed by atoms with van der Waals surface area (Å²) in [4.78, 5) is 25.2. The molecule has 0 bridgehead atoms. The van der Waals surface area contributed by atoms with E-state index in [0.717, 1.165) is 18.6 Å². The topological polar surface area (TPSA) is 65.1 Å². The monoisotopic (exact) mass is 349 g/mol. The van der Waals surface area contributed by atoms with Gasteiger partial charge >= 0.3 is 12.1 Å². The van der Waals surface area contributed by atoms with Gasteiger partial charge in [0.05, 0.1) is 19.3 Å². The molecule has 0 N–H and O–H groups in total. The second kappa shape index (κ2) is 8.23. The molecule has 6 heteroatoms. The summed E-state index contributed by atoms with van der Waals surface area (Å²) < 4.78 is 15.9. The normalized spacial score (nSPS) is 15.6. The van der Waals surface area contributed by atoms with Crippen LogP contribution in [0.1, 0.15) is 44.0 Å². The molecule has 6 nitrogen and oxygen atoms in total. The number of ether oxygens (including phenoxy) is 3. The molecule has 1 heterocycles. The highest BCUT2D eigenvalue weighted by Gasteiger charge is 2.27. The van der Waals surface area contributed by atoms with Crippen LogP contribution in [0, 0.1) is 5.92 Å². The van der Waals surface area contributed by atoms with Gasteiger partial charge in [0.25, 0.3) is 0 Å². The molecule has 1 aliphatic rings. The lowest BCUT2D eigenvalue weighted by Gasteiger charge is -2.33. The van der Waals surface area contributed by atoms with Crippen LogP contribution in [0.5, 0.6) is 5.75 Å². The number of likely N-dealkylation sites (tertiary alicyclic amines) is 1. The summed E-state index contributed by atoms with van der Waals surface area (Å²) >= 11 is 0. The molecule has 0 aliphatic carbocycles. The third-order valence-corrected chi connectivity index (χ3v) is 4.03. The van der Waals surface area contributed by atoms with Gasteiger partial charge < -0.3 is 19.1 Å². The summed E-state index contributed by atoms with van der Waals surface area (Å²) in [7, 11) is 1.36. The van der Waals surface area contributed by atoms with E-state index in [1.54, 1.807) is 29.2 Å². The van der Waals surface area contributed by atoms with E-state index in [-0.39, 0.29) is 12.1 Å². The Labute approximate surface area is 149 Å². The van der Waals surface area contributed by atoms with Crippen LogP contribution in [0.3, 0.4) is 0 Å². The number of carbonyl (C=O) groups excluding carboxylic acids is 2. The molecule has 0 atom stereocenters. The summed E-state index contributed by atoms with van der Waals surface area (Å²) in [5.41, 5.74) is 0.0356. The molecule has 138 valence electrons. The first-order valence-corrected chi connectivity index (χ1v) is 8.57. The third-order valence-electron chi connectivity index (χ3n) is 4.03. The lowest BCUT2D eigenvalue weighted by atomic mass is 9.98. The van der Waals surface area contributed by atoms with Crippen LogP contribution in [0.25, 0.3) is 0 Å². The standard InChI is InChI=1S/C19H27NO5/c1-19(2,3)25-18(22)20-11-9-14(10-12-20)13-24-16-7-5-15(6-8-16)17(21)23-4/h5-8,14H,9-13H2,1-4H3. The van der Waals surface area contributed by atoms with E-state index in [1.165, 1.54) is 7.11 Å². The Balaban J connectivity index is 1.75. The lowest BCUT2D eigenvalue weighted by molar-refractivity contribution is 0.0164. The minimum atomic E-state index is -0.465. The summed E-state index contributed by atoms with van der Waals surface area (Å²) in [6.07, 6.45) is 1.53. The van der Waals surface area contributed by atoms with Gasteiger partial charge in [0, 0.05) is 13.1 Å². The van der Waals surface area contributed by atoms with Gasteiger partial charge in [-0.05, 0) is 63.8 Å². The van der Waals surface area contributed by atoms with Crippen molar-refractivity contribution in [2.75, 3.05) is 26.8 Å². The summed E-state index contributed by atoms with van der Waals surface area (Å²) in [5.74, 6) is 0.766. The lowest BCUT2D eigenvalue weighted by Crippen LogP contribution is -2.42. The van der Waals surface area contributed by atoms with Crippen LogP contribution in [-0.2, 0) is 9.47 Å². The molecule has 1 aromatic carbocycles. The number of hydrogen-bond acceptors (Lipinski definition) is 5. The van der Waals surface area contributed by atoms with Crippen molar-refractivity contribution in [2.24, 2.45) is 5.92 Å². The third kappa shape index (κ3) is 5.96. The first-order valence-electron chi connectivity index (χ1n) is 8.57. The Morgan fingerprint density at radius 2 is 1.72 bits per heavy atom. The van der Waals surface area contributed by atoms with Crippen LogP contribution < -0.4 is 4.74 Å². The van der Waals surface area contributed by atoms with E-state index in [0.29, 0.717) is 31.2 Å². The van der Waals surface area contributed by atoms with E-state index in [9.17, 15) is 9.59 Å². The van der Waals surface area contributed by atoms with Crippen molar-refractivity contribution in [3.05, 3.63) is 29.8 Å². The Morgan fingerprint density at radius 3 is 2.24 bits per heavy atom. The van der Waals surface area contributed by atoms with Gasteiger partial charge in [0.15, 0.2) is 0 Å². The smallest absolute Gasteiger partial charge is 0.410 e. The highest BCUT2D eigenvalue weighted by atomic mass is 16.6. The Hall–Kier alpha value is -2.24. The van der Waals surface area contributed by atoms with Gasteiger partial charge in [-0.1, -0.05) is 0 Å². The van der Waals surface area contributed by atoms with Crippen LogP contribution in [0.2, 0.25) is 0 Å². The number of hydrogen-bond donors (Lipinski definition) is 0. The fourth-order valence-electron chi connectivity index (χ4n) is 2.63. The number of amides is 1. The maximum atomic E-state index is 12.0. The molecule has 1 amide bonds. The highest BCUT2D eigenvalue weighted by Crippen LogP contribution is 2.21. The van der Waals surface area contributed by atoms with Crippen molar-refractivity contribution >= 4 is 12.1 Å². The van der Waals surface area contributed by atoms with E-state index in [4.69, 9.17) is 9.47 Å². The number of benzene rings is 1. The fraction of sp³-hybridized carbons (Fsp3) is 0.579. The van der Waals surface area contributed by atoms with Crippen molar-refractivity contribution in [1.29, 1.82) is 0 Å². The summed E-state index contributed by atoms with van der Waals surface area (Å²) in [5, 5.41) is 0. The zero-order chi connectivity index (χ0) is 18.4. The second-order valence-electron chi connectivity index (χ2n) is 7.24. The van der Waals surface area contributed by atoms with Crippen molar-refractivity contribution in [3.63, 3.8) is 0 Å². The predicted octanol–water partition coefficient (Wildman–Crippen LogP) is 3.50. The molecule has 0 spiro atoms.